The molecule has 0 unspecified atom stereocenters. The van der Waals surface area contributed by atoms with Crippen LogP contribution < -0.4 is 14.8 Å². The first-order chi connectivity index (χ1) is 14.6. The van der Waals surface area contributed by atoms with Crippen molar-refractivity contribution in [3.63, 3.8) is 0 Å². The zero-order valence-electron chi connectivity index (χ0n) is 16.7. The van der Waals surface area contributed by atoms with Gasteiger partial charge in [-0.1, -0.05) is 0 Å². The highest BCUT2D eigenvalue weighted by atomic mass is 32.1. The molecule has 0 spiro atoms. The summed E-state index contributed by atoms with van der Waals surface area (Å²) < 4.78 is 16.0. The van der Waals surface area contributed by atoms with E-state index in [-0.39, 0.29) is 23.6 Å². The fraction of sp³-hybridized carbons (Fsp3) is 0.273. The lowest BCUT2D eigenvalue weighted by molar-refractivity contribution is 0.0738. The molecular weight excluding hydrogens is 404 g/mol. The van der Waals surface area contributed by atoms with Crippen LogP contribution in [0.5, 0.6) is 11.5 Å². The van der Waals surface area contributed by atoms with Gasteiger partial charge in [0.1, 0.15) is 11.5 Å². The number of anilines is 1. The first kappa shape index (κ1) is 20.0. The van der Waals surface area contributed by atoms with Crippen LogP contribution in [-0.4, -0.2) is 37.5 Å². The molecule has 4 rings (SSSR count). The lowest BCUT2D eigenvalue weighted by Gasteiger charge is -2.26. The number of thiophene rings is 1. The van der Waals surface area contributed by atoms with E-state index < -0.39 is 0 Å². The van der Waals surface area contributed by atoms with Gasteiger partial charge in [0.25, 0.3) is 11.8 Å². The van der Waals surface area contributed by atoms with Gasteiger partial charge in [-0.2, -0.15) is 0 Å². The Morgan fingerprint density at radius 3 is 2.77 bits per heavy atom. The lowest BCUT2D eigenvalue weighted by Crippen LogP contribution is -2.30. The molecule has 3 heterocycles. The third-order valence-corrected chi connectivity index (χ3v) is 6.10. The number of hydrogen-bond donors (Lipinski definition) is 1. The van der Waals surface area contributed by atoms with Gasteiger partial charge in [0.2, 0.25) is 0 Å². The van der Waals surface area contributed by atoms with Crippen LogP contribution in [0.4, 0.5) is 5.00 Å². The summed E-state index contributed by atoms with van der Waals surface area (Å²) in [7, 11) is 3.24. The molecule has 7 nitrogen and oxygen atoms in total. The number of nitrogens with zero attached hydrogens (tertiary/aromatic N) is 1. The summed E-state index contributed by atoms with van der Waals surface area (Å²) >= 11 is 1.25. The quantitative estimate of drug-likeness (QED) is 0.624. The Balaban J connectivity index is 1.53. The smallest absolute Gasteiger partial charge is 0.291 e. The minimum Gasteiger partial charge on any atom is -0.497 e. The second kappa shape index (κ2) is 8.62. The third kappa shape index (κ3) is 3.91. The molecule has 0 aliphatic carbocycles. The Morgan fingerprint density at radius 2 is 2.03 bits per heavy atom. The Bertz CT molecular complexity index is 1040. The Hall–Kier alpha value is -3.26. The number of likely N-dealkylation sites (tertiary alicyclic amines) is 1. The lowest BCUT2D eigenvalue weighted by atomic mass is 10.0. The molecule has 1 saturated heterocycles. The van der Waals surface area contributed by atoms with E-state index in [1.807, 2.05) is 23.1 Å². The first-order valence-corrected chi connectivity index (χ1v) is 10.4. The van der Waals surface area contributed by atoms with Crippen LogP contribution in [0.3, 0.4) is 0 Å². The summed E-state index contributed by atoms with van der Waals surface area (Å²) in [6.45, 7) is 0.663. The van der Waals surface area contributed by atoms with Gasteiger partial charge in [-0.15, -0.1) is 11.3 Å². The molecule has 30 heavy (non-hydrogen) atoms. The highest BCUT2D eigenvalue weighted by Crippen LogP contribution is 2.40. The molecule has 1 atom stereocenters. The Labute approximate surface area is 178 Å². The van der Waals surface area contributed by atoms with Crippen molar-refractivity contribution in [3.8, 4) is 11.5 Å². The van der Waals surface area contributed by atoms with Crippen molar-refractivity contribution >= 4 is 28.2 Å². The number of carbonyl (C=O) groups excluding carboxylic acids is 2. The van der Waals surface area contributed by atoms with E-state index in [2.05, 4.69) is 5.32 Å². The number of hydrogen-bond acceptors (Lipinski definition) is 6. The molecule has 1 fully saturated rings. The van der Waals surface area contributed by atoms with Gasteiger partial charge in [0.05, 0.1) is 36.4 Å². The Kier molecular flexibility index (Phi) is 5.76. The van der Waals surface area contributed by atoms with Crippen LogP contribution in [0.1, 0.15) is 44.7 Å². The minimum absolute atomic E-state index is 0.0640. The normalized spacial score (nSPS) is 15.8. The molecule has 0 bridgehead atoms. The number of furan rings is 1. The fourth-order valence-corrected chi connectivity index (χ4v) is 4.53. The minimum atomic E-state index is -0.346. The second-order valence-corrected chi connectivity index (χ2v) is 7.94. The highest BCUT2D eigenvalue weighted by Gasteiger charge is 2.33. The number of nitrogens with one attached hydrogen (secondary N) is 1. The van der Waals surface area contributed by atoms with Crippen LogP contribution >= 0.6 is 11.3 Å². The maximum absolute atomic E-state index is 13.2. The molecule has 0 radical (unpaired) electrons. The molecule has 2 amide bonds. The molecule has 156 valence electrons. The number of benzene rings is 1. The first-order valence-electron chi connectivity index (χ1n) is 9.58. The molecule has 3 aromatic rings. The summed E-state index contributed by atoms with van der Waals surface area (Å²) in [6.07, 6.45) is 3.20. The van der Waals surface area contributed by atoms with Crippen molar-refractivity contribution in [3.05, 3.63) is 64.9 Å². The summed E-state index contributed by atoms with van der Waals surface area (Å²) in [5.74, 6) is 1.27. The maximum atomic E-state index is 13.2. The fourth-order valence-electron chi connectivity index (χ4n) is 3.68. The van der Waals surface area contributed by atoms with Crippen molar-refractivity contribution in [1.82, 2.24) is 4.90 Å². The SMILES string of the molecule is COc1ccc(OC)c([C@@H]2CCCN2C(=O)c2ccc(NC(=O)c3ccco3)s2)c1. The molecular formula is C22H22N2O5S. The van der Waals surface area contributed by atoms with Crippen LogP contribution in [0, 0.1) is 0 Å². The predicted octanol–water partition coefficient (Wildman–Crippen LogP) is 4.59. The van der Waals surface area contributed by atoms with Crippen LogP contribution in [0.15, 0.2) is 53.1 Å². The predicted molar refractivity (Wildman–Crippen MR) is 114 cm³/mol. The standard InChI is InChI=1S/C22H22N2O5S/c1-27-14-7-8-17(28-2)15(13-14)16-5-3-11-24(16)22(26)19-9-10-20(30-19)23-21(25)18-6-4-12-29-18/h4,6-10,12-13,16H,3,5,11H2,1-2H3,(H,23,25)/t16-/m0/s1. The van der Waals surface area contributed by atoms with Gasteiger partial charge in [-0.05, 0) is 55.3 Å². The number of rotatable bonds is 6. The van der Waals surface area contributed by atoms with Crippen molar-refractivity contribution in [1.29, 1.82) is 0 Å². The van der Waals surface area contributed by atoms with E-state index in [1.165, 1.54) is 17.6 Å². The highest BCUT2D eigenvalue weighted by molar-refractivity contribution is 7.18. The van der Waals surface area contributed by atoms with Crippen molar-refractivity contribution in [2.45, 2.75) is 18.9 Å². The van der Waals surface area contributed by atoms with E-state index >= 15 is 0 Å². The van der Waals surface area contributed by atoms with Gasteiger partial charge < -0.3 is 24.1 Å². The van der Waals surface area contributed by atoms with Gasteiger partial charge >= 0.3 is 0 Å². The van der Waals surface area contributed by atoms with E-state index in [4.69, 9.17) is 13.9 Å². The monoisotopic (exact) mass is 426 g/mol. The molecule has 8 heteroatoms. The van der Waals surface area contributed by atoms with Crippen molar-refractivity contribution in [2.75, 3.05) is 26.1 Å². The van der Waals surface area contributed by atoms with Gasteiger partial charge in [0, 0.05) is 12.1 Å². The Morgan fingerprint density at radius 1 is 1.17 bits per heavy atom. The maximum Gasteiger partial charge on any atom is 0.291 e. The van der Waals surface area contributed by atoms with Crippen LogP contribution in [0.2, 0.25) is 0 Å². The average molecular weight is 426 g/mol. The summed E-state index contributed by atoms with van der Waals surface area (Å²) in [5, 5.41) is 3.36. The largest absolute Gasteiger partial charge is 0.497 e. The zero-order chi connectivity index (χ0) is 21.1. The van der Waals surface area contributed by atoms with E-state index in [1.54, 1.807) is 38.5 Å². The van der Waals surface area contributed by atoms with E-state index in [0.717, 1.165) is 29.9 Å². The van der Waals surface area contributed by atoms with Gasteiger partial charge in [-0.3, -0.25) is 9.59 Å². The summed E-state index contributed by atoms with van der Waals surface area (Å²) in [6, 6.07) is 12.3. The summed E-state index contributed by atoms with van der Waals surface area (Å²) in [4.78, 5) is 27.8. The van der Waals surface area contributed by atoms with Crippen molar-refractivity contribution < 1.29 is 23.5 Å². The average Bonchev–Trinajstić information content (AvgIpc) is 3.54. The van der Waals surface area contributed by atoms with E-state index in [9.17, 15) is 9.59 Å². The molecule has 1 aliphatic heterocycles. The number of methoxy groups -OCH3 is 2. The third-order valence-electron chi connectivity index (χ3n) is 5.11. The second-order valence-electron chi connectivity index (χ2n) is 6.86. The van der Waals surface area contributed by atoms with Gasteiger partial charge in [0.15, 0.2) is 5.76 Å². The summed E-state index contributed by atoms with van der Waals surface area (Å²) in [5.41, 5.74) is 0.936. The zero-order valence-corrected chi connectivity index (χ0v) is 17.5. The van der Waals surface area contributed by atoms with Crippen molar-refractivity contribution in [2.24, 2.45) is 0 Å². The molecule has 1 N–H and O–H groups in total. The van der Waals surface area contributed by atoms with Gasteiger partial charge in [-0.25, -0.2) is 0 Å². The molecule has 1 aromatic carbocycles. The number of carbonyl (C=O) groups is 2. The molecule has 0 saturated carbocycles. The molecule has 1 aliphatic rings. The number of amides is 2. The van der Waals surface area contributed by atoms with Crippen LogP contribution in [0.25, 0.3) is 0 Å². The number of ether oxygens (including phenoxy) is 2. The molecule has 2 aromatic heterocycles. The topological polar surface area (TPSA) is 81.0 Å². The van der Waals surface area contributed by atoms with Crippen LogP contribution in [-0.2, 0) is 0 Å². The van der Waals surface area contributed by atoms with E-state index in [0.29, 0.717) is 16.4 Å².